The Balaban J connectivity index is 1.70. The second-order valence-corrected chi connectivity index (χ2v) is 8.43. The van der Waals surface area contributed by atoms with E-state index in [0.29, 0.717) is 19.1 Å². The molecule has 0 bridgehead atoms. The van der Waals surface area contributed by atoms with Crippen molar-refractivity contribution in [3.8, 4) is 0 Å². The van der Waals surface area contributed by atoms with Gasteiger partial charge in [-0.15, -0.1) is 0 Å². The minimum absolute atomic E-state index is 0.0822. The predicted octanol–water partition coefficient (Wildman–Crippen LogP) is 1.94. The van der Waals surface area contributed by atoms with Crippen molar-refractivity contribution in [3.05, 3.63) is 28.8 Å². The molecular formula is C16H21ClN2O4S. The van der Waals surface area contributed by atoms with Gasteiger partial charge in [0, 0.05) is 25.3 Å². The van der Waals surface area contributed by atoms with Crippen LogP contribution >= 0.6 is 11.6 Å². The van der Waals surface area contributed by atoms with Gasteiger partial charge < -0.3 is 10.1 Å². The zero-order valence-electron chi connectivity index (χ0n) is 13.3. The van der Waals surface area contributed by atoms with Gasteiger partial charge in [0.25, 0.3) is 5.91 Å². The number of ether oxygens (including phenoxy) is 1. The SMILES string of the molecule is O=C(NCC1CC1)c1ccc(Cl)c(S(=O)(=O)NCC2CCCO2)c1. The Morgan fingerprint density at radius 2 is 2.04 bits per heavy atom. The lowest BCUT2D eigenvalue weighted by Gasteiger charge is -2.13. The first-order chi connectivity index (χ1) is 11.5. The second-order valence-electron chi connectivity index (χ2n) is 6.29. The number of rotatable bonds is 7. The molecule has 0 spiro atoms. The Hall–Kier alpha value is -1.15. The molecule has 1 heterocycles. The van der Waals surface area contributed by atoms with Gasteiger partial charge in [0.05, 0.1) is 11.1 Å². The number of sulfonamides is 1. The third-order valence-electron chi connectivity index (χ3n) is 4.26. The number of nitrogens with one attached hydrogen (secondary N) is 2. The summed E-state index contributed by atoms with van der Waals surface area (Å²) in [6.45, 7) is 1.49. The number of carbonyl (C=O) groups is 1. The van der Waals surface area contributed by atoms with E-state index in [4.69, 9.17) is 16.3 Å². The van der Waals surface area contributed by atoms with Crippen LogP contribution in [0.5, 0.6) is 0 Å². The maximum atomic E-state index is 12.5. The Labute approximate surface area is 147 Å². The number of amides is 1. The van der Waals surface area contributed by atoms with Gasteiger partial charge in [0.2, 0.25) is 10.0 Å². The van der Waals surface area contributed by atoms with E-state index in [2.05, 4.69) is 10.0 Å². The van der Waals surface area contributed by atoms with Gasteiger partial charge in [-0.05, 0) is 49.8 Å². The van der Waals surface area contributed by atoms with Gasteiger partial charge in [-0.25, -0.2) is 13.1 Å². The number of carbonyl (C=O) groups excluding carboxylic acids is 1. The summed E-state index contributed by atoms with van der Waals surface area (Å²) in [5.41, 5.74) is 0.289. The van der Waals surface area contributed by atoms with Crippen LogP contribution in [-0.2, 0) is 14.8 Å². The summed E-state index contributed by atoms with van der Waals surface area (Å²) in [6, 6.07) is 4.29. The first-order valence-corrected chi connectivity index (χ1v) is 10.0. The van der Waals surface area contributed by atoms with E-state index in [9.17, 15) is 13.2 Å². The summed E-state index contributed by atoms with van der Waals surface area (Å²) < 4.78 is 32.9. The highest BCUT2D eigenvalue weighted by molar-refractivity contribution is 7.89. The van der Waals surface area contributed by atoms with Crippen molar-refractivity contribution in [1.29, 1.82) is 0 Å². The Morgan fingerprint density at radius 3 is 2.71 bits per heavy atom. The molecule has 1 aromatic carbocycles. The summed E-state index contributed by atoms with van der Waals surface area (Å²) in [4.78, 5) is 12.1. The zero-order chi connectivity index (χ0) is 17.2. The van der Waals surface area contributed by atoms with Crippen molar-refractivity contribution in [2.45, 2.75) is 36.7 Å². The fourth-order valence-electron chi connectivity index (χ4n) is 2.60. The minimum atomic E-state index is -3.80. The summed E-state index contributed by atoms with van der Waals surface area (Å²) in [7, 11) is -3.80. The predicted molar refractivity (Wildman–Crippen MR) is 90.7 cm³/mol. The third-order valence-corrected chi connectivity index (χ3v) is 6.16. The molecule has 2 fully saturated rings. The van der Waals surface area contributed by atoms with Gasteiger partial charge in [0.15, 0.2) is 0 Å². The normalized spacial score (nSPS) is 21.0. The van der Waals surface area contributed by atoms with E-state index in [1.165, 1.54) is 18.2 Å². The van der Waals surface area contributed by atoms with Gasteiger partial charge in [-0.1, -0.05) is 11.6 Å². The molecular weight excluding hydrogens is 352 g/mol. The minimum Gasteiger partial charge on any atom is -0.377 e. The highest BCUT2D eigenvalue weighted by atomic mass is 35.5. The van der Waals surface area contributed by atoms with Crippen molar-refractivity contribution in [2.24, 2.45) is 5.92 Å². The van der Waals surface area contributed by atoms with Crippen LogP contribution in [0.25, 0.3) is 0 Å². The summed E-state index contributed by atoms with van der Waals surface area (Å²) in [5, 5.41) is 2.91. The third kappa shape index (κ3) is 4.47. The van der Waals surface area contributed by atoms with E-state index < -0.39 is 10.0 Å². The molecule has 1 atom stereocenters. The highest BCUT2D eigenvalue weighted by Gasteiger charge is 2.25. The Bertz CT molecular complexity index is 713. The summed E-state index contributed by atoms with van der Waals surface area (Å²) >= 11 is 6.04. The van der Waals surface area contributed by atoms with E-state index in [1.54, 1.807) is 0 Å². The molecule has 1 saturated heterocycles. The monoisotopic (exact) mass is 372 g/mol. The largest absolute Gasteiger partial charge is 0.377 e. The molecule has 6 nitrogen and oxygen atoms in total. The van der Waals surface area contributed by atoms with Crippen LogP contribution in [0, 0.1) is 5.92 Å². The number of halogens is 1. The van der Waals surface area contributed by atoms with Crippen molar-refractivity contribution in [3.63, 3.8) is 0 Å². The van der Waals surface area contributed by atoms with Crippen LogP contribution in [0.2, 0.25) is 5.02 Å². The Kier molecular flexibility index (Phi) is 5.44. The van der Waals surface area contributed by atoms with Crippen LogP contribution in [-0.4, -0.2) is 40.1 Å². The molecule has 24 heavy (non-hydrogen) atoms. The van der Waals surface area contributed by atoms with Crippen LogP contribution in [0.15, 0.2) is 23.1 Å². The van der Waals surface area contributed by atoms with Crippen molar-refractivity contribution in [1.82, 2.24) is 10.0 Å². The lowest BCUT2D eigenvalue weighted by molar-refractivity contribution is 0.0951. The van der Waals surface area contributed by atoms with Crippen molar-refractivity contribution >= 4 is 27.5 Å². The molecule has 2 aliphatic rings. The molecule has 1 aliphatic carbocycles. The Morgan fingerprint density at radius 1 is 1.25 bits per heavy atom. The van der Waals surface area contributed by atoms with Crippen LogP contribution in [0.4, 0.5) is 0 Å². The van der Waals surface area contributed by atoms with Gasteiger partial charge in [-0.3, -0.25) is 4.79 Å². The number of hydrogen-bond acceptors (Lipinski definition) is 4. The second kappa shape index (κ2) is 7.39. The molecule has 3 rings (SSSR count). The van der Waals surface area contributed by atoms with Gasteiger partial charge in [-0.2, -0.15) is 0 Å². The molecule has 8 heteroatoms. The summed E-state index contributed by atoms with van der Waals surface area (Å²) in [5.74, 6) is 0.270. The lowest BCUT2D eigenvalue weighted by Crippen LogP contribution is -2.32. The standard InChI is InChI=1S/C16H21ClN2O4S/c17-14-6-5-12(16(20)18-9-11-3-4-11)8-15(14)24(21,22)19-10-13-2-1-7-23-13/h5-6,8,11,13,19H,1-4,7,9-10H2,(H,18,20). The van der Waals surface area contributed by atoms with E-state index in [-0.39, 0.29) is 34.0 Å². The van der Waals surface area contributed by atoms with Gasteiger partial charge >= 0.3 is 0 Å². The zero-order valence-corrected chi connectivity index (χ0v) is 14.8. The molecule has 1 aliphatic heterocycles. The molecule has 1 aromatic rings. The fourth-order valence-corrected chi connectivity index (χ4v) is 4.19. The smallest absolute Gasteiger partial charge is 0.251 e. The first kappa shape index (κ1) is 17.7. The number of benzene rings is 1. The maximum absolute atomic E-state index is 12.5. The quantitative estimate of drug-likeness (QED) is 0.766. The molecule has 2 N–H and O–H groups in total. The molecule has 1 saturated carbocycles. The van der Waals surface area contributed by atoms with Crippen molar-refractivity contribution in [2.75, 3.05) is 19.7 Å². The molecule has 0 radical (unpaired) electrons. The van der Waals surface area contributed by atoms with Crippen LogP contribution < -0.4 is 10.0 Å². The fraction of sp³-hybridized carbons (Fsp3) is 0.562. The average Bonchev–Trinajstić information content (AvgIpc) is 3.24. The molecule has 132 valence electrons. The van der Waals surface area contributed by atoms with Crippen LogP contribution in [0.3, 0.4) is 0 Å². The average molecular weight is 373 g/mol. The molecule has 1 unspecified atom stereocenters. The van der Waals surface area contributed by atoms with Gasteiger partial charge in [0.1, 0.15) is 4.90 Å². The molecule has 1 amide bonds. The topological polar surface area (TPSA) is 84.5 Å². The number of hydrogen-bond donors (Lipinski definition) is 2. The van der Waals surface area contributed by atoms with E-state index >= 15 is 0 Å². The highest BCUT2D eigenvalue weighted by Crippen LogP contribution is 2.28. The van der Waals surface area contributed by atoms with E-state index in [0.717, 1.165) is 25.7 Å². The van der Waals surface area contributed by atoms with E-state index in [1.807, 2.05) is 0 Å². The van der Waals surface area contributed by atoms with Crippen molar-refractivity contribution < 1.29 is 17.9 Å². The summed E-state index contributed by atoms with van der Waals surface area (Å²) in [6.07, 6.45) is 3.92. The molecule has 0 aromatic heterocycles. The lowest BCUT2D eigenvalue weighted by atomic mass is 10.2. The van der Waals surface area contributed by atoms with Crippen LogP contribution in [0.1, 0.15) is 36.0 Å². The first-order valence-electron chi connectivity index (χ1n) is 8.15. The maximum Gasteiger partial charge on any atom is 0.251 e.